The van der Waals surface area contributed by atoms with Crippen LogP contribution in [0.1, 0.15) is 45.7 Å². The van der Waals surface area contributed by atoms with Crippen LogP contribution >= 0.6 is 0 Å². The molecule has 3 heterocycles. The second-order valence-corrected chi connectivity index (χ2v) is 12.5. The molecule has 5 aromatic carbocycles. The van der Waals surface area contributed by atoms with Crippen molar-refractivity contribution in [3.05, 3.63) is 156 Å². The molecule has 7 aromatic rings. The van der Waals surface area contributed by atoms with Gasteiger partial charge in [0.1, 0.15) is 5.75 Å². The maximum atomic E-state index is 7.28. The molecule has 0 aliphatic carbocycles. The van der Waals surface area contributed by atoms with Crippen LogP contribution in [0, 0.1) is 25.8 Å². The van der Waals surface area contributed by atoms with Crippen molar-refractivity contribution in [3.8, 4) is 56.3 Å². The maximum Gasteiger partial charge on any atom is 0.130 e. The van der Waals surface area contributed by atoms with Crippen LogP contribution in [0.5, 0.6) is 11.5 Å². The van der Waals surface area contributed by atoms with Gasteiger partial charge in [-0.2, -0.15) is 0 Å². The predicted molar refractivity (Wildman–Crippen MR) is 194 cm³/mol. The van der Waals surface area contributed by atoms with Crippen LogP contribution in [0.25, 0.3) is 55.5 Å². The number of hydrogen-bond acceptors (Lipinski definition) is 3. The van der Waals surface area contributed by atoms with E-state index in [0.29, 0.717) is 11.3 Å². The smallest absolute Gasteiger partial charge is 0.130 e. The number of ether oxygens (including phenoxy) is 1. The Kier molecular flexibility index (Phi) is 7.44. The van der Waals surface area contributed by atoms with Crippen LogP contribution < -0.4 is 4.74 Å². The van der Waals surface area contributed by atoms with E-state index in [1.54, 1.807) is 12.1 Å². The molecule has 0 N–H and O–H groups in total. The van der Waals surface area contributed by atoms with Crippen molar-refractivity contribution in [1.29, 1.82) is 0 Å². The molecule has 0 spiro atoms. The average molecular weight is 807 g/mol. The topological polar surface area (TPSA) is 35.0 Å². The van der Waals surface area contributed by atoms with Gasteiger partial charge in [0, 0.05) is 51.7 Å². The van der Waals surface area contributed by atoms with Gasteiger partial charge in [0.15, 0.2) is 0 Å². The van der Waals surface area contributed by atoms with Gasteiger partial charge in [-0.1, -0.05) is 118 Å². The van der Waals surface area contributed by atoms with E-state index in [4.69, 9.17) is 17.9 Å². The third kappa shape index (κ3) is 6.60. The Morgan fingerprint density at radius 3 is 2.25 bits per heavy atom. The zero-order valence-electron chi connectivity index (χ0n) is 32.8. The Hall–Kier alpha value is -4.89. The quantitative estimate of drug-likeness (QED) is 0.167. The minimum absolute atomic E-state index is 0. The summed E-state index contributed by atoms with van der Waals surface area (Å²) in [5.74, 6) is 1.72. The minimum atomic E-state index is -2.18. The predicted octanol–water partition coefficient (Wildman–Crippen LogP) is 11.6. The number of nitrogens with zero attached hydrogens (tertiary/aromatic N) is 2. The average Bonchev–Trinajstić information content (AvgIpc) is 3.15. The summed E-state index contributed by atoms with van der Waals surface area (Å²) in [4.78, 5) is 8.78. The van der Waals surface area contributed by atoms with Crippen LogP contribution in [0.3, 0.4) is 0 Å². The first-order valence-corrected chi connectivity index (χ1v) is 15.5. The molecule has 0 saturated carbocycles. The van der Waals surface area contributed by atoms with Gasteiger partial charge >= 0.3 is 0 Å². The second kappa shape index (κ2) is 13.7. The van der Waals surface area contributed by atoms with Gasteiger partial charge in [-0.15, -0.1) is 53.6 Å². The summed E-state index contributed by atoms with van der Waals surface area (Å²) in [6.07, 6.45) is 3.18. The minimum Gasteiger partial charge on any atom is -0.500 e. The number of aryl methyl sites for hydroxylation is 2. The zero-order chi connectivity index (χ0) is 37.5. The Bertz CT molecular complexity index is 2360. The van der Waals surface area contributed by atoms with E-state index in [1.165, 1.54) is 40.9 Å². The molecular formula is C44H36IrN2O-2. The van der Waals surface area contributed by atoms with Crippen molar-refractivity contribution in [3.63, 3.8) is 0 Å². The first kappa shape index (κ1) is 26.1. The van der Waals surface area contributed by atoms with Crippen molar-refractivity contribution in [2.45, 2.75) is 39.9 Å². The SMILES string of the molecule is CC(C)(C)c1ccnc(-c2[c-]ccc3c2Oc2c(-c4ccccc4)ccc4cccc-3c24)c1.[2H]C([2H])([2H])c1c[c-]c(-c2ccc(C([2H])([2H])[2H])cn2)cc1.[Ir]. The van der Waals surface area contributed by atoms with E-state index in [2.05, 4.69) is 111 Å². The van der Waals surface area contributed by atoms with Crippen LogP contribution in [-0.2, 0) is 25.5 Å². The summed E-state index contributed by atoms with van der Waals surface area (Å²) < 4.78 is 50.4. The van der Waals surface area contributed by atoms with E-state index in [0.717, 1.165) is 44.8 Å². The molecule has 0 unspecified atom stereocenters. The monoisotopic (exact) mass is 807 g/mol. The Morgan fingerprint density at radius 2 is 1.52 bits per heavy atom. The van der Waals surface area contributed by atoms with Crippen LogP contribution in [0.2, 0.25) is 0 Å². The molecule has 239 valence electrons. The maximum absolute atomic E-state index is 7.28. The van der Waals surface area contributed by atoms with E-state index in [9.17, 15) is 0 Å². The van der Waals surface area contributed by atoms with Crippen molar-refractivity contribution >= 4 is 10.8 Å². The second-order valence-electron chi connectivity index (χ2n) is 12.5. The van der Waals surface area contributed by atoms with Gasteiger partial charge in [-0.3, -0.25) is 0 Å². The van der Waals surface area contributed by atoms with Crippen molar-refractivity contribution < 1.29 is 33.1 Å². The van der Waals surface area contributed by atoms with Crippen LogP contribution in [0.15, 0.2) is 128 Å². The number of aromatic nitrogens is 2. The molecule has 8 rings (SSSR count). The van der Waals surface area contributed by atoms with Crippen molar-refractivity contribution in [1.82, 2.24) is 9.97 Å². The summed E-state index contributed by atoms with van der Waals surface area (Å²) in [7, 11) is 0. The fraction of sp³-hybridized carbons (Fsp3) is 0.136. The zero-order valence-corrected chi connectivity index (χ0v) is 29.2. The number of fused-ring (bicyclic) bond motifs is 2. The number of benzene rings is 5. The summed E-state index contributed by atoms with van der Waals surface area (Å²) in [5, 5.41) is 2.33. The van der Waals surface area contributed by atoms with Gasteiger partial charge in [0.2, 0.25) is 0 Å². The first-order chi connectivity index (χ1) is 25.2. The number of rotatable bonds is 3. The molecule has 1 aliphatic heterocycles. The Morgan fingerprint density at radius 1 is 0.688 bits per heavy atom. The standard InChI is InChI=1S/C31H24NO.C13H12N.Ir/c1-31(2,3)22-17-18-32-27(19-22)26-14-8-13-25-24-12-7-11-21-15-16-23(20-9-5-4-6-10-20)30(28(21)24)33-29(25)26;1-10-3-6-12(7-4-10)13-8-5-11(2)9-14-13;/h4-13,15-19H,1-3H3;3-6,8-9H,1-2H3;/q2*-1;/i;1D3,2D3;. The van der Waals surface area contributed by atoms with Gasteiger partial charge in [-0.05, 0) is 57.4 Å². The van der Waals surface area contributed by atoms with E-state index >= 15 is 0 Å². The Balaban J connectivity index is 0.000000205. The summed E-state index contributed by atoms with van der Waals surface area (Å²) in [5.41, 5.74) is 9.09. The molecule has 0 fully saturated rings. The van der Waals surface area contributed by atoms with Crippen molar-refractivity contribution in [2.24, 2.45) is 0 Å². The molecule has 4 heteroatoms. The van der Waals surface area contributed by atoms with Gasteiger partial charge < -0.3 is 14.7 Å². The summed E-state index contributed by atoms with van der Waals surface area (Å²) in [6.45, 7) is 2.32. The molecule has 0 atom stereocenters. The molecule has 48 heavy (non-hydrogen) atoms. The van der Waals surface area contributed by atoms with E-state index in [-0.39, 0.29) is 36.6 Å². The van der Waals surface area contributed by atoms with Gasteiger partial charge in [0.25, 0.3) is 0 Å². The van der Waals surface area contributed by atoms with Crippen LogP contribution in [0.4, 0.5) is 0 Å². The fourth-order valence-corrected chi connectivity index (χ4v) is 5.79. The molecule has 0 bridgehead atoms. The van der Waals surface area contributed by atoms with E-state index in [1.807, 2.05) is 18.3 Å². The molecule has 3 nitrogen and oxygen atoms in total. The molecule has 0 amide bonds. The molecule has 2 aromatic heterocycles. The van der Waals surface area contributed by atoms with E-state index < -0.39 is 13.7 Å². The first-order valence-electron chi connectivity index (χ1n) is 18.5. The normalized spacial score (nSPS) is 13.8. The van der Waals surface area contributed by atoms with Gasteiger partial charge in [-0.25, -0.2) is 0 Å². The summed E-state index contributed by atoms with van der Waals surface area (Å²) >= 11 is 0. The third-order valence-electron chi connectivity index (χ3n) is 8.26. The number of pyridine rings is 2. The fourth-order valence-electron chi connectivity index (χ4n) is 5.79. The third-order valence-corrected chi connectivity index (χ3v) is 8.26. The Labute approximate surface area is 305 Å². The molecule has 0 saturated heterocycles. The van der Waals surface area contributed by atoms with Crippen molar-refractivity contribution in [2.75, 3.05) is 0 Å². The van der Waals surface area contributed by atoms with Gasteiger partial charge in [0.05, 0.1) is 5.75 Å². The summed E-state index contributed by atoms with van der Waals surface area (Å²) in [6, 6.07) is 43.4. The molecular weight excluding hydrogens is 765 g/mol. The largest absolute Gasteiger partial charge is 0.500 e. The molecule has 1 aliphatic rings. The number of hydrogen-bond donors (Lipinski definition) is 0. The molecule has 1 radical (unpaired) electrons. The van der Waals surface area contributed by atoms with Crippen LogP contribution in [-0.4, -0.2) is 9.97 Å².